The summed E-state index contributed by atoms with van der Waals surface area (Å²) < 4.78 is 38.8. The van der Waals surface area contributed by atoms with E-state index >= 15 is 0 Å². The van der Waals surface area contributed by atoms with Crippen molar-refractivity contribution < 1.29 is 18.0 Å². The number of halogens is 4. The largest absolute Gasteiger partial charge is 0.351 e. The molecule has 1 rings (SSSR count). The third-order valence-electron chi connectivity index (χ3n) is 1.89. The Kier molecular flexibility index (Phi) is 6.60. The molecule has 0 fully saturated rings. The van der Waals surface area contributed by atoms with Crippen LogP contribution in [0.5, 0.6) is 0 Å². The second-order valence-corrected chi connectivity index (χ2v) is 3.10. The topological polar surface area (TPSA) is 41.1 Å². The fourth-order valence-corrected chi connectivity index (χ4v) is 1.15. The van der Waals surface area contributed by atoms with Gasteiger partial charge in [0.25, 0.3) is 5.91 Å². The summed E-state index contributed by atoms with van der Waals surface area (Å²) in [7, 11) is 1.67. The van der Waals surface area contributed by atoms with Crippen LogP contribution in [0.25, 0.3) is 0 Å². The maximum Gasteiger partial charge on any atom is 0.257 e. The van der Waals surface area contributed by atoms with E-state index in [4.69, 9.17) is 0 Å². The molecule has 96 valence electrons. The fourth-order valence-electron chi connectivity index (χ4n) is 1.15. The Labute approximate surface area is 103 Å². The quantitative estimate of drug-likeness (QED) is 0.812. The minimum absolute atomic E-state index is 0. The lowest BCUT2D eigenvalue weighted by atomic mass is 10.2. The molecular formula is C10H12ClF3N2O. The van der Waals surface area contributed by atoms with E-state index in [1.807, 2.05) is 0 Å². The number of hydrogen-bond donors (Lipinski definition) is 2. The Balaban J connectivity index is 0.00000256. The van der Waals surface area contributed by atoms with Crippen molar-refractivity contribution in [2.45, 2.75) is 0 Å². The average Bonchev–Trinajstić information content (AvgIpc) is 2.16. The zero-order valence-corrected chi connectivity index (χ0v) is 9.84. The maximum atomic E-state index is 13.1. The van der Waals surface area contributed by atoms with Gasteiger partial charge in [0.1, 0.15) is 23.0 Å². The van der Waals surface area contributed by atoms with E-state index in [9.17, 15) is 18.0 Å². The van der Waals surface area contributed by atoms with Gasteiger partial charge in [0.05, 0.1) is 0 Å². The summed E-state index contributed by atoms with van der Waals surface area (Å²) in [5.41, 5.74) is -0.766. The molecule has 0 aromatic heterocycles. The van der Waals surface area contributed by atoms with Gasteiger partial charge in [-0.2, -0.15) is 0 Å². The van der Waals surface area contributed by atoms with Crippen molar-refractivity contribution in [1.82, 2.24) is 10.6 Å². The first-order valence-electron chi connectivity index (χ1n) is 4.63. The van der Waals surface area contributed by atoms with Gasteiger partial charge in [-0.3, -0.25) is 4.79 Å². The molecule has 1 amide bonds. The zero-order valence-electron chi connectivity index (χ0n) is 9.02. The number of carbonyl (C=O) groups is 1. The highest BCUT2D eigenvalue weighted by Gasteiger charge is 2.18. The smallest absolute Gasteiger partial charge is 0.257 e. The van der Waals surface area contributed by atoms with Crippen LogP contribution in [-0.4, -0.2) is 26.0 Å². The number of likely N-dealkylation sites (N-methyl/N-ethyl adjacent to an activating group) is 1. The molecule has 3 nitrogen and oxygen atoms in total. The fraction of sp³-hybridized carbons (Fsp3) is 0.300. The van der Waals surface area contributed by atoms with E-state index < -0.39 is 28.9 Å². The second kappa shape index (κ2) is 7.13. The van der Waals surface area contributed by atoms with Crippen LogP contribution in [0.2, 0.25) is 0 Å². The molecule has 0 heterocycles. The first-order valence-corrected chi connectivity index (χ1v) is 4.63. The van der Waals surface area contributed by atoms with Crippen molar-refractivity contribution in [3.8, 4) is 0 Å². The normalized spacial score (nSPS) is 9.65. The van der Waals surface area contributed by atoms with Gasteiger partial charge in [-0.1, -0.05) is 0 Å². The van der Waals surface area contributed by atoms with E-state index in [2.05, 4.69) is 10.6 Å². The van der Waals surface area contributed by atoms with Crippen molar-refractivity contribution >= 4 is 18.3 Å². The van der Waals surface area contributed by atoms with Gasteiger partial charge in [0.2, 0.25) is 0 Å². The third-order valence-corrected chi connectivity index (χ3v) is 1.89. The van der Waals surface area contributed by atoms with Gasteiger partial charge >= 0.3 is 0 Å². The van der Waals surface area contributed by atoms with Gasteiger partial charge in [0, 0.05) is 25.2 Å². The molecule has 2 N–H and O–H groups in total. The van der Waals surface area contributed by atoms with Gasteiger partial charge in [0.15, 0.2) is 0 Å². The van der Waals surface area contributed by atoms with Gasteiger partial charge in [-0.25, -0.2) is 13.2 Å². The van der Waals surface area contributed by atoms with Crippen LogP contribution < -0.4 is 10.6 Å². The summed E-state index contributed by atoms with van der Waals surface area (Å²) in [6.45, 7) is 0.696. The SMILES string of the molecule is CNCCNC(=O)c1c(F)cc(F)cc1F.Cl. The molecule has 1 aromatic carbocycles. The number of carbonyl (C=O) groups excluding carboxylic acids is 1. The maximum absolute atomic E-state index is 13.1. The van der Waals surface area contributed by atoms with E-state index in [0.717, 1.165) is 0 Å². The van der Waals surface area contributed by atoms with Crippen LogP contribution in [0, 0.1) is 17.5 Å². The lowest BCUT2D eigenvalue weighted by Gasteiger charge is -2.06. The monoisotopic (exact) mass is 268 g/mol. The number of benzene rings is 1. The molecule has 0 aliphatic carbocycles. The van der Waals surface area contributed by atoms with Gasteiger partial charge in [-0.15, -0.1) is 12.4 Å². The van der Waals surface area contributed by atoms with Crippen LogP contribution in [-0.2, 0) is 0 Å². The molecule has 0 saturated carbocycles. The average molecular weight is 269 g/mol. The van der Waals surface area contributed by atoms with Crippen molar-refractivity contribution in [3.05, 3.63) is 35.1 Å². The van der Waals surface area contributed by atoms with Crippen LogP contribution in [0.1, 0.15) is 10.4 Å². The highest BCUT2D eigenvalue weighted by molar-refractivity contribution is 5.94. The predicted molar refractivity (Wildman–Crippen MR) is 59.8 cm³/mol. The number of nitrogens with one attached hydrogen (secondary N) is 2. The highest BCUT2D eigenvalue weighted by Crippen LogP contribution is 2.14. The van der Waals surface area contributed by atoms with Gasteiger partial charge < -0.3 is 10.6 Å². The summed E-state index contributed by atoms with van der Waals surface area (Å²) in [5.74, 6) is -4.37. The predicted octanol–water partition coefficient (Wildman–Crippen LogP) is 1.47. The highest BCUT2D eigenvalue weighted by atomic mass is 35.5. The molecule has 17 heavy (non-hydrogen) atoms. The molecule has 0 aliphatic rings. The molecule has 0 bridgehead atoms. The summed E-state index contributed by atoms with van der Waals surface area (Å²) in [6, 6.07) is 0.937. The molecule has 0 atom stereocenters. The van der Waals surface area contributed by atoms with Crippen molar-refractivity contribution in [2.75, 3.05) is 20.1 Å². The molecule has 0 aliphatic heterocycles. The minimum atomic E-state index is -1.21. The minimum Gasteiger partial charge on any atom is -0.351 e. The lowest BCUT2D eigenvalue weighted by Crippen LogP contribution is -2.31. The van der Waals surface area contributed by atoms with Crippen LogP contribution >= 0.6 is 12.4 Å². The first-order chi connectivity index (χ1) is 7.56. The molecule has 0 radical (unpaired) electrons. The molecular weight excluding hydrogens is 257 g/mol. The standard InChI is InChI=1S/C10H11F3N2O.ClH/c1-14-2-3-15-10(16)9-7(12)4-6(11)5-8(9)13;/h4-5,14H,2-3H2,1H3,(H,15,16);1H. The lowest BCUT2D eigenvalue weighted by molar-refractivity contribution is 0.0945. The van der Waals surface area contributed by atoms with E-state index in [1.54, 1.807) is 7.05 Å². The Morgan fingerprint density at radius 3 is 2.18 bits per heavy atom. The molecule has 0 unspecified atom stereocenters. The summed E-state index contributed by atoms with van der Waals surface area (Å²) in [5, 5.41) is 5.05. The van der Waals surface area contributed by atoms with Crippen LogP contribution in [0.3, 0.4) is 0 Å². The zero-order chi connectivity index (χ0) is 12.1. The number of hydrogen-bond acceptors (Lipinski definition) is 2. The third kappa shape index (κ3) is 4.24. The molecule has 7 heteroatoms. The van der Waals surface area contributed by atoms with Crippen molar-refractivity contribution in [2.24, 2.45) is 0 Å². The Bertz CT molecular complexity index is 378. The Morgan fingerprint density at radius 1 is 1.18 bits per heavy atom. The van der Waals surface area contributed by atoms with Gasteiger partial charge in [-0.05, 0) is 7.05 Å². The first kappa shape index (κ1) is 15.7. The van der Waals surface area contributed by atoms with E-state index in [-0.39, 0.29) is 19.0 Å². The second-order valence-electron chi connectivity index (χ2n) is 3.10. The molecule has 0 saturated heterocycles. The van der Waals surface area contributed by atoms with Crippen molar-refractivity contribution in [1.29, 1.82) is 0 Å². The number of amides is 1. The summed E-state index contributed by atoms with van der Waals surface area (Å²) in [6.07, 6.45) is 0. The molecule has 1 aromatic rings. The van der Waals surface area contributed by atoms with Crippen LogP contribution in [0.4, 0.5) is 13.2 Å². The van der Waals surface area contributed by atoms with Crippen LogP contribution in [0.15, 0.2) is 12.1 Å². The number of rotatable bonds is 4. The molecule has 0 spiro atoms. The summed E-state index contributed by atoms with van der Waals surface area (Å²) >= 11 is 0. The van der Waals surface area contributed by atoms with E-state index in [0.29, 0.717) is 18.7 Å². The Morgan fingerprint density at radius 2 is 1.71 bits per heavy atom. The van der Waals surface area contributed by atoms with Crippen molar-refractivity contribution in [3.63, 3.8) is 0 Å². The van der Waals surface area contributed by atoms with E-state index in [1.165, 1.54) is 0 Å². The summed E-state index contributed by atoms with van der Waals surface area (Å²) in [4.78, 5) is 11.3. The Hall–Kier alpha value is -1.27.